The molecule has 5 nitrogen and oxygen atoms in total. The lowest BCUT2D eigenvalue weighted by Crippen LogP contribution is -2.12. The molecule has 0 spiro atoms. The molecular weight excluding hydrogens is 290 g/mol. The molecule has 0 heterocycles. The summed E-state index contributed by atoms with van der Waals surface area (Å²) in [6, 6.07) is 12.3. The second-order valence-electron chi connectivity index (χ2n) is 4.80. The Morgan fingerprint density at radius 2 is 1.95 bits per heavy atom. The lowest BCUT2D eigenvalue weighted by atomic mass is 10.2. The van der Waals surface area contributed by atoms with E-state index in [1.54, 1.807) is 6.07 Å². The normalized spacial score (nSPS) is 10.2. The third kappa shape index (κ3) is 3.64. The zero-order chi connectivity index (χ0) is 15.4. The average Bonchev–Trinajstić information content (AvgIpc) is 2.46. The highest BCUT2D eigenvalue weighted by molar-refractivity contribution is 6.31. The van der Waals surface area contributed by atoms with Crippen LogP contribution in [-0.2, 0) is 6.54 Å². The fourth-order valence-corrected chi connectivity index (χ4v) is 2.20. The number of nitrogens with one attached hydrogen (secondary N) is 1. The number of rotatable bonds is 5. The summed E-state index contributed by atoms with van der Waals surface area (Å²) in [4.78, 5) is 12.4. The first-order valence-electron chi connectivity index (χ1n) is 6.42. The Balaban J connectivity index is 2.20. The van der Waals surface area contributed by atoms with E-state index in [-0.39, 0.29) is 5.69 Å². The van der Waals surface area contributed by atoms with E-state index in [0.717, 1.165) is 11.4 Å². The first-order chi connectivity index (χ1) is 9.99. The van der Waals surface area contributed by atoms with Gasteiger partial charge in [-0.1, -0.05) is 23.7 Å². The van der Waals surface area contributed by atoms with Crippen molar-refractivity contribution in [1.29, 1.82) is 0 Å². The fraction of sp³-hybridized carbons (Fsp3) is 0.200. The van der Waals surface area contributed by atoms with Gasteiger partial charge in [-0.05, 0) is 23.8 Å². The van der Waals surface area contributed by atoms with Gasteiger partial charge in [-0.15, -0.1) is 0 Å². The number of non-ortho nitro benzene ring substituents is 1. The molecule has 0 saturated heterocycles. The molecule has 2 rings (SSSR count). The molecule has 0 bridgehead atoms. The van der Waals surface area contributed by atoms with Crippen LogP contribution in [0.1, 0.15) is 5.56 Å². The van der Waals surface area contributed by atoms with E-state index in [1.165, 1.54) is 12.1 Å². The highest BCUT2D eigenvalue weighted by Gasteiger charge is 2.10. The number of nitrogens with zero attached hydrogens (tertiary/aromatic N) is 2. The van der Waals surface area contributed by atoms with Gasteiger partial charge in [0.25, 0.3) is 5.69 Å². The third-order valence-electron chi connectivity index (χ3n) is 3.10. The number of anilines is 2. The summed E-state index contributed by atoms with van der Waals surface area (Å²) in [6.45, 7) is 0.422. The molecule has 6 heteroatoms. The summed E-state index contributed by atoms with van der Waals surface area (Å²) in [6.07, 6.45) is 0. The minimum Gasteiger partial charge on any atom is -0.379 e. The number of nitro groups is 1. The predicted molar refractivity (Wildman–Crippen MR) is 86.2 cm³/mol. The van der Waals surface area contributed by atoms with Crippen molar-refractivity contribution in [2.24, 2.45) is 0 Å². The molecule has 21 heavy (non-hydrogen) atoms. The first-order valence-corrected chi connectivity index (χ1v) is 6.80. The van der Waals surface area contributed by atoms with Crippen LogP contribution in [0.15, 0.2) is 42.5 Å². The van der Waals surface area contributed by atoms with Crippen molar-refractivity contribution in [3.8, 4) is 0 Å². The van der Waals surface area contributed by atoms with E-state index < -0.39 is 4.92 Å². The minimum atomic E-state index is -0.423. The molecule has 0 atom stereocenters. The Bertz CT molecular complexity index is 659. The summed E-state index contributed by atoms with van der Waals surface area (Å²) < 4.78 is 0. The van der Waals surface area contributed by atoms with Gasteiger partial charge < -0.3 is 10.2 Å². The number of hydrogen-bond acceptors (Lipinski definition) is 4. The Morgan fingerprint density at radius 1 is 1.24 bits per heavy atom. The quantitative estimate of drug-likeness (QED) is 0.672. The average molecular weight is 306 g/mol. The van der Waals surface area contributed by atoms with Crippen LogP contribution in [0, 0.1) is 10.1 Å². The van der Waals surface area contributed by atoms with Crippen LogP contribution in [0.3, 0.4) is 0 Å². The molecule has 0 saturated carbocycles. The van der Waals surface area contributed by atoms with Crippen LogP contribution in [-0.4, -0.2) is 19.0 Å². The summed E-state index contributed by atoms with van der Waals surface area (Å²) >= 11 is 6.10. The minimum absolute atomic E-state index is 0.0390. The Morgan fingerprint density at radius 3 is 2.62 bits per heavy atom. The summed E-state index contributed by atoms with van der Waals surface area (Å²) in [5, 5.41) is 14.6. The molecule has 0 radical (unpaired) electrons. The van der Waals surface area contributed by atoms with Gasteiger partial charge in [0.05, 0.1) is 16.3 Å². The van der Waals surface area contributed by atoms with Crippen LogP contribution in [0.25, 0.3) is 0 Å². The van der Waals surface area contributed by atoms with Gasteiger partial charge in [0.15, 0.2) is 0 Å². The molecular formula is C15H16ClN3O2. The number of nitro benzene ring substituents is 1. The number of hydrogen-bond donors (Lipinski definition) is 1. The Kier molecular flexibility index (Phi) is 4.65. The lowest BCUT2D eigenvalue weighted by Gasteiger charge is -2.18. The van der Waals surface area contributed by atoms with Crippen molar-refractivity contribution in [1.82, 2.24) is 0 Å². The van der Waals surface area contributed by atoms with E-state index in [2.05, 4.69) is 5.32 Å². The van der Waals surface area contributed by atoms with Crippen LogP contribution in [0.4, 0.5) is 17.1 Å². The van der Waals surface area contributed by atoms with Gasteiger partial charge in [-0.2, -0.15) is 0 Å². The SMILES string of the molecule is CN(C)c1ccccc1NCc1cc([N+](=O)[O-])ccc1Cl. The zero-order valence-electron chi connectivity index (χ0n) is 11.8. The van der Waals surface area contributed by atoms with Crippen LogP contribution in [0.2, 0.25) is 5.02 Å². The zero-order valence-corrected chi connectivity index (χ0v) is 12.6. The van der Waals surface area contributed by atoms with Crippen LogP contribution >= 0.6 is 11.6 Å². The van der Waals surface area contributed by atoms with E-state index >= 15 is 0 Å². The molecule has 0 unspecified atom stereocenters. The maximum atomic E-state index is 10.8. The number of para-hydroxylation sites is 2. The lowest BCUT2D eigenvalue weighted by molar-refractivity contribution is -0.384. The van der Waals surface area contributed by atoms with Crippen molar-refractivity contribution in [2.75, 3.05) is 24.3 Å². The largest absolute Gasteiger partial charge is 0.379 e. The number of benzene rings is 2. The van der Waals surface area contributed by atoms with Gasteiger partial charge in [-0.25, -0.2) is 0 Å². The van der Waals surface area contributed by atoms with Gasteiger partial charge in [0, 0.05) is 37.8 Å². The molecule has 2 aromatic rings. The van der Waals surface area contributed by atoms with Crippen molar-refractivity contribution < 1.29 is 4.92 Å². The van der Waals surface area contributed by atoms with Crippen molar-refractivity contribution in [3.63, 3.8) is 0 Å². The smallest absolute Gasteiger partial charge is 0.269 e. The molecule has 0 aliphatic carbocycles. The van der Waals surface area contributed by atoms with E-state index in [4.69, 9.17) is 11.6 Å². The molecule has 0 amide bonds. The van der Waals surface area contributed by atoms with Crippen molar-refractivity contribution >= 4 is 28.7 Å². The van der Waals surface area contributed by atoms with E-state index in [1.807, 2.05) is 43.3 Å². The highest BCUT2D eigenvalue weighted by Crippen LogP contribution is 2.26. The molecule has 0 aliphatic heterocycles. The molecule has 2 aromatic carbocycles. The van der Waals surface area contributed by atoms with Crippen LogP contribution in [0.5, 0.6) is 0 Å². The van der Waals surface area contributed by atoms with Crippen LogP contribution < -0.4 is 10.2 Å². The summed E-state index contributed by atoms with van der Waals surface area (Å²) in [5.74, 6) is 0. The first kappa shape index (κ1) is 15.1. The predicted octanol–water partition coefficient (Wildman–Crippen LogP) is 3.93. The fourth-order valence-electron chi connectivity index (χ4n) is 2.01. The second-order valence-corrected chi connectivity index (χ2v) is 5.21. The molecule has 0 aliphatic rings. The van der Waals surface area contributed by atoms with Crippen molar-refractivity contribution in [2.45, 2.75) is 6.54 Å². The van der Waals surface area contributed by atoms with Gasteiger partial charge in [0.1, 0.15) is 0 Å². The Hall–Kier alpha value is -2.27. The number of halogens is 1. The highest BCUT2D eigenvalue weighted by atomic mass is 35.5. The van der Waals surface area contributed by atoms with Gasteiger partial charge in [-0.3, -0.25) is 10.1 Å². The molecule has 0 aromatic heterocycles. The maximum Gasteiger partial charge on any atom is 0.269 e. The monoisotopic (exact) mass is 305 g/mol. The summed E-state index contributed by atoms with van der Waals surface area (Å²) in [7, 11) is 3.92. The molecule has 110 valence electrons. The Labute approximate surface area is 128 Å². The molecule has 0 fully saturated rings. The molecule has 1 N–H and O–H groups in total. The topological polar surface area (TPSA) is 58.4 Å². The van der Waals surface area contributed by atoms with E-state index in [9.17, 15) is 10.1 Å². The van der Waals surface area contributed by atoms with Gasteiger partial charge >= 0.3 is 0 Å². The van der Waals surface area contributed by atoms with E-state index in [0.29, 0.717) is 17.1 Å². The second kappa shape index (κ2) is 6.45. The summed E-state index contributed by atoms with van der Waals surface area (Å²) in [5.41, 5.74) is 2.72. The standard InChI is InChI=1S/C15H16ClN3O2/c1-18(2)15-6-4-3-5-14(15)17-10-11-9-12(19(20)21)7-8-13(11)16/h3-9,17H,10H2,1-2H3. The third-order valence-corrected chi connectivity index (χ3v) is 3.46. The van der Waals surface area contributed by atoms with Gasteiger partial charge in [0.2, 0.25) is 0 Å². The maximum absolute atomic E-state index is 10.8. The van der Waals surface area contributed by atoms with Crippen molar-refractivity contribution in [3.05, 3.63) is 63.2 Å².